The lowest BCUT2D eigenvalue weighted by Crippen LogP contribution is -2.40. The van der Waals surface area contributed by atoms with Gasteiger partial charge >= 0.3 is 0 Å². The molecule has 1 aliphatic heterocycles. The maximum atomic E-state index is 14.0. The zero-order valence-electron chi connectivity index (χ0n) is 12.8. The summed E-state index contributed by atoms with van der Waals surface area (Å²) < 4.78 is 14.0. The van der Waals surface area contributed by atoms with Crippen molar-refractivity contribution in [3.05, 3.63) is 23.7 Å². The number of amides is 1. The van der Waals surface area contributed by atoms with Crippen LogP contribution in [0.3, 0.4) is 0 Å². The van der Waals surface area contributed by atoms with E-state index in [0.29, 0.717) is 17.3 Å². The zero-order chi connectivity index (χ0) is 15.7. The van der Waals surface area contributed by atoms with Gasteiger partial charge in [-0.3, -0.25) is 9.79 Å². The van der Waals surface area contributed by atoms with Crippen molar-refractivity contribution in [1.82, 2.24) is 5.32 Å². The van der Waals surface area contributed by atoms with Gasteiger partial charge in [-0.15, -0.1) is 0 Å². The van der Waals surface area contributed by atoms with E-state index in [1.807, 2.05) is 6.08 Å². The minimum Gasteiger partial charge on any atom is -0.379 e. The fraction of sp³-hybridized carbons (Fsp3) is 0.625. The van der Waals surface area contributed by atoms with Crippen LogP contribution in [0, 0.1) is 11.8 Å². The number of thioether (sulfide) groups is 1. The number of allylic oxidation sites excluding steroid dienone is 2. The van der Waals surface area contributed by atoms with Gasteiger partial charge in [0.2, 0.25) is 5.91 Å². The van der Waals surface area contributed by atoms with Gasteiger partial charge in [0.1, 0.15) is 5.83 Å². The predicted octanol–water partition coefficient (Wildman–Crippen LogP) is 2.87. The van der Waals surface area contributed by atoms with E-state index in [-0.39, 0.29) is 29.1 Å². The monoisotopic (exact) mass is 323 g/mol. The van der Waals surface area contributed by atoms with Crippen LogP contribution in [-0.2, 0) is 4.79 Å². The lowest BCUT2D eigenvalue weighted by Gasteiger charge is -2.36. The smallest absolute Gasteiger partial charge is 0.227 e. The summed E-state index contributed by atoms with van der Waals surface area (Å²) in [5.41, 5.74) is 5.84. The van der Waals surface area contributed by atoms with Crippen LogP contribution in [0.2, 0.25) is 0 Å². The lowest BCUT2D eigenvalue weighted by atomic mass is 9.79. The van der Waals surface area contributed by atoms with Crippen molar-refractivity contribution in [3.8, 4) is 0 Å². The number of rotatable bonds is 3. The third-order valence-electron chi connectivity index (χ3n) is 4.93. The second kappa shape index (κ2) is 6.07. The number of nitrogens with one attached hydrogen (secondary N) is 1. The second-order valence-electron chi connectivity index (χ2n) is 6.50. The number of aliphatic imine (C=N–C) groups is 1. The Morgan fingerprint density at radius 2 is 2.32 bits per heavy atom. The van der Waals surface area contributed by atoms with Crippen LogP contribution >= 0.6 is 11.8 Å². The second-order valence-corrected chi connectivity index (χ2v) is 7.61. The summed E-state index contributed by atoms with van der Waals surface area (Å²) in [5.74, 6) is 0.628. The van der Waals surface area contributed by atoms with E-state index >= 15 is 0 Å². The van der Waals surface area contributed by atoms with Gasteiger partial charge < -0.3 is 11.1 Å². The molecule has 0 saturated heterocycles. The van der Waals surface area contributed by atoms with Crippen LogP contribution in [0.4, 0.5) is 4.39 Å². The molecule has 6 heteroatoms. The molecule has 1 saturated carbocycles. The number of carbonyl (C=O) groups is 1. The molecular formula is C16H22FN3OS. The number of hydrogen-bond acceptors (Lipinski definition) is 4. The third-order valence-corrected chi connectivity index (χ3v) is 5.73. The van der Waals surface area contributed by atoms with Crippen LogP contribution in [-0.4, -0.2) is 22.4 Å². The van der Waals surface area contributed by atoms with Gasteiger partial charge in [-0.1, -0.05) is 24.3 Å². The van der Waals surface area contributed by atoms with E-state index in [1.54, 1.807) is 17.8 Å². The maximum Gasteiger partial charge on any atom is 0.227 e. The molecular weight excluding hydrogens is 301 g/mol. The highest BCUT2D eigenvalue weighted by atomic mass is 32.2. The molecule has 0 aromatic carbocycles. The Labute approximate surface area is 134 Å². The first kappa shape index (κ1) is 15.6. The van der Waals surface area contributed by atoms with Gasteiger partial charge in [-0.25, -0.2) is 4.39 Å². The first-order chi connectivity index (χ1) is 10.5. The summed E-state index contributed by atoms with van der Waals surface area (Å²) in [7, 11) is 0. The summed E-state index contributed by atoms with van der Waals surface area (Å²) in [6.07, 6.45) is 7.78. The highest BCUT2D eigenvalue weighted by Crippen LogP contribution is 2.38. The molecule has 3 rings (SSSR count). The van der Waals surface area contributed by atoms with Crippen molar-refractivity contribution < 1.29 is 9.18 Å². The van der Waals surface area contributed by atoms with Crippen LogP contribution < -0.4 is 11.1 Å². The van der Waals surface area contributed by atoms with Crippen molar-refractivity contribution in [2.24, 2.45) is 22.6 Å². The fourth-order valence-corrected chi connectivity index (χ4v) is 4.10. The van der Waals surface area contributed by atoms with Crippen molar-refractivity contribution in [2.45, 2.75) is 44.6 Å². The lowest BCUT2D eigenvalue weighted by molar-refractivity contribution is -0.126. The molecule has 0 spiro atoms. The highest BCUT2D eigenvalue weighted by Gasteiger charge is 2.37. The number of hydrogen-bond donors (Lipinski definition) is 2. The first-order valence-corrected chi connectivity index (χ1v) is 8.83. The van der Waals surface area contributed by atoms with E-state index in [4.69, 9.17) is 5.73 Å². The van der Waals surface area contributed by atoms with Crippen molar-refractivity contribution >= 4 is 22.8 Å². The summed E-state index contributed by atoms with van der Waals surface area (Å²) in [5, 5.41) is 3.36. The van der Waals surface area contributed by atoms with E-state index in [1.165, 1.54) is 0 Å². The molecule has 0 radical (unpaired) electrons. The van der Waals surface area contributed by atoms with Gasteiger partial charge in [0.05, 0.1) is 11.2 Å². The Balaban J connectivity index is 1.76. The predicted molar refractivity (Wildman–Crippen MR) is 88.0 cm³/mol. The molecule has 3 aliphatic rings. The number of carbonyl (C=O) groups excluding carboxylic acids is 1. The first-order valence-electron chi connectivity index (χ1n) is 7.85. The minimum atomic E-state index is -0.338. The molecule has 0 aromatic rings. The molecule has 1 heterocycles. The Hall–Kier alpha value is -1.30. The molecule has 1 amide bonds. The van der Waals surface area contributed by atoms with Gasteiger partial charge in [0.25, 0.3) is 0 Å². The standard InChI is InChI=1S/C16H22FN3OS/c1-16(7-8-22-15(18)20-16)11-5-6-12(17)13(9-11)19-14(21)10-3-2-4-10/h6,9-11H,2-5,7-8H2,1H3,(H2,18,20)(H,19,21). The largest absolute Gasteiger partial charge is 0.379 e. The molecule has 2 atom stereocenters. The highest BCUT2D eigenvalue weighted by molar-refractivity contribution is 8.13. The normalized spacial score (nSPS) is 32.5. The van der Waals surface area contributed by atoms with Crippen molar-refractivity contribution in [1.29, 1.82) is 0 Å². The Morgan fingerprint density at radius 3 is 2.95 bits per heavy atom. The van der Waals surface area contributed by atoms with Crippen LogP contribution in [0.15, 0.2) is 28.7 Å². The van der Waals surface area contributed by atoms with Gasteiger partial charge in [0.15, 0.2) is 5.17 Å². The molecule has 1 fully saturated rings. The van der Waals surface area contributed by atoms with Gasteiger partial charge in [-0.05, 0) is 38.7 Å². The van der Waals surface area contributed by atoms with Crippen LogP contribution in [0.25, 0.3) is 0 Å². The number of nitrogens with two attached hydrogens (primary N) is 1. The van der Waals surface area contributed by atoms with Crippen LogP contribution in [0.1, 0.15) is 39.0 Å². The molecule has 22 heavy (non-hydrogen) atoms. The summed E-state index contributed by atoms with van der Waals surface area (Å²) >= 11 is 1.56. The average Bonchev–Trinajstić information content (AvgIpc) is 2.38. The summed E-state index contributed by atoms with van der Waals surface area (Å²) in [6, 6.07) is 0. The molecule has 3 N–H and O–H groups in total. The van der Waals surface area contributed by atoms with E-state index in [9.17, 15) is 9.18 Å². The zero-order valence-corrected chi connectivity index (χ0v) is 13.6. The van der Waals surface area contributed by atoms with E-state index < -0.39 is 0 Å². The topological polar surface area (TPSA) is 67.5 Å². The van der Waals surface area contributed by atoms with Crippen LogP contribution in [0.5, 0.6) is 0 Å². The molecule has 0 bridgehead atoms. The minimum absolute atomic E-state index is 0.0457. The quantitative estimate of drug-likeness (QED) is 0.839. The summed E-state index contributed by atoms with van der Waals surface area (Å²) in [6.45, 7) is 2.06. The van der Waals surface area contributed by atoms with Crippen molar-refractivity contribution in [3.63, 3.8) is 0 Å². The third kappa shape index (κ3) is 3.07. The Morgan fingerprint density at radius 1 is 1.55 bits per heavy atom. The fourth-order valence-electron chi connectivity index (χ4n) is 3.10. The molecule has 0 aromatic heterocycles. The van der Waals surface area contributed by atoms with Gasteiger partial charge in [0, 0.05) is 17.6 Å². The Bertz CT molecular complexity index is 568. The number of nitrogens with zero attached hydrogens (tertiary/aromatic N) is 1. The summed E-state index contributed by atoms with van der Waals surface area (Å²) in [4.78, 5) is 16.6. The van der Waals surface area contributed by atoms with E-state index in [2.05, 4.69) is 17.2 Å². The Kier molecular flexibility index (Phi) is 4.30. The van der Waals surface area contributed by atoms with Crippen molar-refractivity contribution in [2.75, 3.05) is 5.75 Å². The SMILES string of the molecule is CC1(C2C=C(NC(=O)C3CCC3)C(F)=CC2)CCSC(N)=N1. The molecule has 2 aliphatic carbocycles. The average molecular weight is 323 g/mol. The molecule has 120 valence electrons. The maximum absolute atomic E-state index is 14.0. The van der Waals surface area contributed by atoms with E-state index in [0.717, 1.165) is 31.4 Å². The molecule has 4 nitrogen and oxygen atoms in total. The number of halogens is 1. The number of amidine groups is 1. The molecule has 2 unspecified atom stereocenters. The van der Waals surface area contributed by atoms with Gasteiger partial charge in [-0.2, -0.15) is 0 Å².